The smallest absolute Gasteiger partial charge is 0.316 e. The Bertz CT molecular complexity index is 567. The molecule has 1 aromatic rings. The number of carbonyl (C=O) groups excluding carboxylic acids is 2. The van der Waals surface area contributed by atoms with Gasteiger partial charge in [0.25, 0.3) is 0 Å². The molecule has 0 radical (unpaired) electrons. The number of nitrogens with two attached hydrogens (primary N) is 1. The third-order valence-corrected chi connectivity index (χ3v) is 5.01. The second-order valence-corrected chi connectivity index (χ2v) is 7.82. The van der Waals surface area contributed by atoms with Crippen LogP contribution in [0.5, 0.6) is 0 Å². The van der Waals surface area contributed by atoms with Crippen LogP contribution in [0.25, 0.3) is 0 Å². The summed E-state index contributed by atoms with van der Waals surface area (Å²) < 4.78 is 0. The summed E-state index contributed by atoms with van der Waals surface area (Å²) in [5.41, 5.74) is 7.06. The number of benzene rings is 1. The van der Waals surface area contributed by atoms with Crippen LogP contribution in [0.4, 0.5) is 10.5 Å². The van der Waals surface area contributed by atoms with Crippen molar-refractivity contribution in [3.8, 4) is 0 Å². The number of carbonyl (C=O) groups is 2. The van der Waals surface area contributed by atoms with Gasteiger partial charge in [-0.05, 0) is 54.7 Å². The fourth-order valence-corrected chi connectivity index (χ4v) is 3.40. The van der Waals surface area contributed by atoms with Crippen LogP contribution < -0.4 is 16.4 Å². The molecule has 5 heteroatoms. The maximum absolute atomic E-state index is 12.4. The number of hydrogen-bond donors (Lipinski definition) is 3. The van der Waals surface area contributed by atoms with Crippen molar-refractivity contribution >= 4 is 17.6 Å². The minimum absolute atomic E-state index is 0.138. The predicted octanol–water partition coefficient (Wildman–Crippen LogP) is 3.65. The van der Waals surface area contributed by atoms with Gasteiger partial charge in [-0.1, -0.05) is 32.9 Å². The largest absolute Gasteiger partial charge is 0.352 e. The summed E-state index contributed by atoms with van der Waals surface area (Å²) in [6.07, 6.45) is 4.23. The second-order valence-electron chi connectivity index (χ2n) is 7.82. The van der Waals surface area contributed by atoms with Gasteiger partial charge < -0.3 is 16.4 Å². The molecule has 2 rings (SSSR count). The first-order valence-corrected chi connectivity index (χ1v) is 8.69. The molecule has 0 heterocycles. The first kappa shape index (κ1) is 18.3. The van der Waals surface area contributed by atoms with Crippen molar-refractivity contribution in [1.29, 1.82) is 0 Å². The standard InChI is InChI=1S/C19H29N3O2/c1-19(2,3)15-8-6-14(7-9-15)17(23)21-12-13-4-10-16(11-5-13)22-18(20)24/h4-5,10-11,14-15H,6-9,12H2,1-3H3,(H,21,23)(H3,20,22,24). The summed E-state index contributed by atoms with van der Waals surface area (Å²) >= 11 is 0. The Labute approximate surface area is 144 Å². The minimum Gasteiger partial charge on any atom is -0.352 e. The number of rotatable bonds is 4. The topological polar surface area (TPSA) is 84.2 Å². The van der Waals surface area contributed by atoms with Gasteiger partial charge in [-0.15, -0.1) is 0 Å². The van der Waals surface area contributed by atoms with E-state index in [9.17, 15) is 9.59 Å². The molecule has 1 saturated carbocycles. The molecule has 24 heavy (non-hydrogen) atoms. The van der Waals surface area contributed by atoms with Gasteiger partial charge in [-0.25, -0.2) is 4.79 Å². The lowest BCUT2D eigenvalue weighted by molar-refractivity contribution is -0.126. The zero-order chi connectivity index (χ0) is 17.7. The summed E-state index contributed by atoms with van der Waals surface area (Å²) in [7, 11) is 0. The first-order chi connectivity index (χ1) is 11.3. The maximum Gasteiger partial charge on any atom is 0.316 e. The van der Waals surface area contributed by atoms with Crippen molar-refractivity contribution < 1.29 is 9.59 Å². The molecule has 1 aliphatic rings. The summed E-state index contributed by atoms with van der Waals surface area (Å²) in [5, 5.41) is 5.55. The normalized spacial score (nSPS) is 21.1. The van der Waals surface area contributed by atoms with Crippen molar-refractivity contribution in [1.82, 2.24) is 5.32 Å². The molecule has 0 aliphatic heterocycles. The van der Waals surface area contributed by atoms with E-state index >= 15 is 0 Å². The van der Waals surface area contributed by atoms with E-state index in [1.54, 1.807) is 12.1 Å². The summed E-state index contributed by atoms with van der Waals surface area (Å²) in [6.45, 7) is 7.37. The van der Waals surface area contributed by atoms with E-state index in [-0.39, 0.29) is 11.8 Å². The Morgan fingerprint density at radius 3 is 2.17 bits per heavy atom. The summed E-state index contributed by atoms with van der Waals surface area (Å²) in [6, 6.07) is 6.73. The zero-order valence-corrected chi connectivity index (χ0v) is 14.9. The van der Waals surface area contributed by atoms with Crippen LogP contribution in [0.1, 0.15) is 52.0 Å². The Balaban J connectivity index is 1.78. The van der Waals surface area contributed by atoms with Crippen molar-refractivity contribution in [2.45, 2.75) is 53.0 Å². The fourth-order valence-electron chi connectivity index (χ4n) is 3.40. The van der Waals surface area contributed by atoms with E-state index in [2.05, 4.69) is 31.4 Å². The number of anilines is 1. The molecule has 0 unspecified atom stereocenters. The molecule has 132 valence electrons. The number of amides is 3. The van der Waals surface area contributed by atoms with E-state index in [0.717, 1.165) is 31.2 Å². The van der Waals surface area contributed by atoms with Gasteiger partial charge in [-0.3, -0.25) is 4.79 Å². The second kappa shape index (κ2) is 7.69. The van der Waals surface area contributed by atoms with Crippen molar-refractivity contribution in [2.75, 3.05) is 5.32 Å². The number of hydrogen-bond acceptors (Lipinski definition) is 2. The van der Waals surface area contributed by atoms with E-state index in [4.69, 9.17) is 5.73 Å². The average Bonchev–Trinajstić information content (AvgIpc) is 2.52. The van der Waals surface area contributed by atoms with Crippen LogP contribution in [0, 0.1) is 17.3 Å². The van der Waals surface area contributed by atoms with E-state index in [1.807, 2.05) is 12.1 Å². The highest BCUT2D eigenvalue weighted by Gasteiger charge is 2.32. The van der Waals surface area contributed by atoms with E-state index in [1.165, 1.54) is 0 Å². The molecule has 0 saturated heterocycles. The highest BCUT2D eigenvalue weighted by atomic mass is 16.2. The molecule has 0 bridgehead atoms. The maximum atomic E-state index is 12.4. The molecule has 3 amide bonds. The van der Waals surface area contributed by atoms with Crippen molar-refractivity contribution in [3.05, 3.63) is 29.8 Å². The Kier molecular flexibility index (Phi) is 5.86. The van der Waals surface area contributed by atoms with Gasteiger partial charge in [0, 0.05) is 18.2 Å². The monoisotopic (exact) mass is 331 g/mol. The SMILES string of the molecule is CC(C)(C)C1CCC(C(=O)NCc2ccc(NC(N)=O)cc2)CC1. The first-order valence-electron chi connectivity index (χ1n) is 8.69. The lowest BCUT2D eigenvalue weighted by atomic mass is 9.69. The summed E-state index contributed by atoms with van der Waals surface area (Å²) in [5.74, 6) is 1.01. The highest BCUT2D eigenvalue weighted by molar-refractivity contribution is 5.87. The van der Waals surface area contributed by atoms with Gasteiger partial charge >= 0.3 is 6.03 Å². The van der Waals surface area contributed by atoms with Crippen LogP contribution in [0.15, 0.2) is 24.3 Å². The van der Waals surface area contributed by atoms with Gasteiger partial charge in [0.2, 0.25) is 5.91 Å². The fraction of sp³-hybridized carbons (Fsp3) is 0.579. The zero-order valence-electron chi connectivity index (χ0n) is 14.9. The van der Waals surface area contributed by atoms with Crippen LogP contribution in [-0.4, -0.2) is 11.9 Å². The molecule has 5 nitrogen and oxygen atoms in total. The van der Waals surface area contributed by atoms with Gasteiger partial charge in [0.05, 0.1) is 0 Å². The molecule has 1 aliphatic carbocycles. The Hall–Kier alpha value is -2.04. The highest BCUT2D eigenvalue weighted by Crippen LogP contribution is 2.39. The van der Waals surface area contributed by atoms with Gasteiger partial charge in [0.1, 0.15) is 0 Å². The molecular weight excluding hydrogens is 302 g/mol. The Morgan fingerprint density at radius 2 is 1.67 bits per heavy atom. The van der Waals surface area contributed by atoms with Gasteiger partial charge in [-0.2, -0.15) is 0 Å². The van der Waals surface area contributed by atoms with Crippen molar-refractivity contribution in [3.63, 3.8) is 0 Å². The van der Waals surface area contributed by atoms with Gasteiger partial charge in [0.15, 0.2) is 0 Å². The molecule has 1 fully saturated rings. The predicted molar refractivity (Wildman–Crippen MR) is 96.4 cm³/mol. The third kappa shape index (κ3) is 5.25. The number of primary amides is 1. The van der Waals surface area contributed by atoms with Crippen molar-refractivity contribution in [2.24, 2.45) is 23.0 Å². The quantitative estimate of drug-likeness (QED) is 0.787. The molecule has 0 aromatic heterocycles. The lowest BCUT2D eigenvalue weighted by Gasteiger charge is -2.36. The van der Waals surface area contributed by atoms with Crippen LogP contribution in [-0.2, 0) is 11.3 Å². The average molecular weight is 331 g/mol. The number of urea groups is 1. The van der Waals surface area contributed by atoms with E-state index < -0.39 is 6.03 Å². The molecule has 0 atom stereocenters. The van der Waals surface area contributed by atoms with Crippen LogP contribution in [0.3, 0.4) is 0 Å². The van der Waals surface area contributed by atoms with Crippen LogP contribution in [0.2, 0.25) is 0 Å². The molecular formula is C19H29N3O2. The van der Waals surface area contributed by atoms with Crippen LogP contribution >= 0.6 is 0 Å². The minimum atomic E-state index is -0.582. The molecule has 0 spiro atoms. The van der Waals surface area contributed by atoms with E-state index in [0.29, 0.717) is 23.6 Å². The molecule has 4 N–H and O–H groups in total. The number of nitrogens with one attached hydrogen (secondary N) is 2. The Morgan fingerprint density at radius 1 is 1.08 bits per heavy atom. The summed E-state index contributed by atoms with van der Waals surface area (Å²) in [4.78, 5) is 23.1. The lowest BCUT2D eigenvalue weighted by Crippen LogP contribution is -2.35. The molecule has 1 aromatic carbocycles. The third-order valence-electron chi connectivity index (χ3n) is 5.01.